The van der Waals surface area contributed by atoms with Crippen molar-refractivity contribution in [3.63, 3.8) is 0 Å². The molecule has 1 aromatic heterocycles. The normalized spacial score (nSPS) is 18.5. The van der Waals surface area contributed by atoms with E-state index in [0.717, 1.165) is 39.5 Å². The van der Waals surface area contributed by atoms with E-state index in [1.54, 1.807) is 13.4 Å². The third-order valence-corrected chi connectivity index (χ3v) is 6.57. The maximum absolute atomic E-state index is 6.66. The summed E-state index contributed by atoms with van der Waals surface area (Å²) in [6.07, 6.45) is 1.10. The van der Waals surface area contributed by atoms with Crippen molar-refractivity contribution in [2.45, 2.75) is 12.1 Å². The van der Waals surface area contributed by atoms with Crippen LogP contribution in [-0.4, -0.2) is 21.9 Å². The molecular formula is C25H18Cl2N4O2. The fourth-order valence-corrected chi connectivity index (χ4v) is 4.90. The van der Waals surface area contributed by atoms with Crippen LogP contribution >= 0.6 is 23.2 Å². The van der Waals surface area contributed by atoms with Gasteiger partial charge in [-0.2, -0.15) is 10.1 Å². The number of nitrogens with one attached hydrogen (secondary N) is 1. The van der Waals surface area contributed by atoms with E-state index in [1.807, 2.05) is 71.4 Å². The average Bonchev–Trinajstić information content (AvgIpc) is 3.31. The second-order valence-electron chi connectivity index (χ2n) is 7.82. The summed E-state index contributed by atoms with van der Waals surface area (Å²) in [7, 11) is 1.65. The first-order valence-corrected chi connectivity index (χ1v) is 11.1. The van der Waals surface area contributed by atoms with Crippen LogP contribution in [0.15, 0.2) is 78.6 Å². The van der Waals surface area contributed by atoms with Crippen LogP contribution in [0.3, 0.4) is 0 Å². The molecule has 2 atom stereocenters. The molecule has 6 rings (SSSR count). The molecule has 0 saturated carbocycles. The van der Waals surface area contributed by atoms with Gasteiger partial charge in [-0.25, -0.2) is 4.68 Å². The van der Waals surface area contributed by atoms with Crippen molar-refractivity contribution in [1.29, 1.82) is 0 Å². The SMILES string of the molecule is COc1ccc(C2C3=C(Nc4ncnn42)c2cc(Cl)ccc2OC3c2ccccc2Cl)cc1. The molecule has 0 spiro atoms. The molecule has 4 aromatic rings. The number of methoxy groups -OCH3 is 1. The number of halogens is 2. The Morgan fingerprint density at radius 3 is 2.64 bits per heavy atom. The monoisotopic (exact) mass is 476 g/mol. The van der Waals surface area contributed by atoms with Gasteiger partial charge in [-0.15, -0.1) is 0 Å². The van der Waals surface area contributed by atoms with Gasteiger partial charge in [0.2, 0.25) is 5.95 Å². The Balaban J connectivity index is 1.63. The molecule has 3 heterocycles. The number of hydrogen-bond donors (Lipinski definition) is 1. The minimum absolute atomic E-state index is 0.280. The second kappa shape index (κ2) is 7.83. The summed E-state index contributed by atoms with van der Waals surface area (Å²) < 4.78 is 13.8. The Morgan fingerprint density at radius 2 is 1.85 bits per heavy atom. The molecule has 6 nitrogen and oxygen atoms in total. The van der Waals surface area contributed by atoms with Gasteiger partial charge in [0.05, 0.1) is 12.8 Å². The van der Waals surface area contributed by atoms with Gasteiger partial charge in [0.15, 0.2) is 6.10 Å². The Kier molecular flexibility index (Phi) is 4.78. The summed E-state index contributed by atoms with van der Waals surface area (Å²) in [6, 6.07) is 21.0. The maximum atomic E-state index is 6.66. The van der Waals surface area contributed by atoms with Gasteiger partial charge in [-0.1, -0.05) is 53.5 Å². The molecular weight excluding hydrogens is 459 g/mol. The first-order valence-electron chi connectivity index (χ1n) is 10.4. The molecule has 164 valence electrons. The van der Waals surface area contributed by atoms with Crippen LogP contribution in [0.25, 0.3) is 5.70 Å². The second-order valence-corrected chi connectivity index (χ2v) is 8.66. The zero-order valence-corrected chi connectivity index (χ0v) is 19.0. The number of nitrogens with zero attached hydrogens (tertiary/aromatic N) is 3. The molecule has 0 amide bonds. The summed E-state index contributed by atoms with van der Waals surface area (Å²) in [5, 5.41) is 9.25. The number of rotatable bonds is 3. The number of anilines is 1. The van der Waals surface area contributed by atoms with E-state index in [9.17, 15) is 0 Å². The highest BCUT2D eigenvalue weighted by atomic mass is 35.5. The van der Waals surface area contributed by atoms with Crippen molar-refractivity contribution < 1.29 is 9.47 Å². The standard InChI is InChI=1S/C25H18Cl2N4O2/c1-32-16-9-6-14(7-10-16)23-21-22(30-25-28-13-29-31(23)25)18-12-15(26)8-11-20(18)33-24(21)17-4-2-3-5-19(17)27/h2-13,23-24H,1H3,(H,28,29,30). The van der Waals surface area contributed by atoms with Crippen LogP contribution < -0.4 is 14.8 Å². The predicted octanol–water partition coefficient (Wildman–Crippen LogP) is 6.15. The molecule has 0 bridgehead atoms. The van der Waals surface area contributed by atoms with Crippen molar-refractivity contribution in [3.05, 3.63) is 105 Å². The van der Waals surface area contributed by atoms with Gasteiger partial charge in [-0.05, 0) is 42.0 Å². The number of hydrogen-bond acceptors (Lipinski definition) is 5. The summed E-state index contributed by atoms with van der Waals surface area (Å²) in [5.41, 5.74) is 4.62. The van der Waals surface area contributed by atoms with Crippen molar-refractivity contribution in [3.8, 4) is 11.5 Å². The molecule has 8 heteroatoms. The van der Waals surface area contributed by atoms with Crippen LogP contribution in [0.1, 0.15) is 28.8 Å². The van der Waals surface area contributed by atoms with Crippen LogP contribution in [0.5, 0.6) is 11.5 Å². The van der Waals surface area contributed by atoms with Crippen LogP contribution in [0.4, 0.5) is 5.95 Å². The van der Waals surface area contributed by atoms with Gasteiger partial charge in [-0.3, -0.25) is 0 Å². The number of aromatic nitrogens is 3. The third kappa shape index (κ3) is 3.25. The van der Waals surface area contributed by atoms with Crippen molar-refractivity contribution >= 4 is 34.8 Å². The van der Waals surface area contributed by atoms with Crippen LogP contribution in [-0.2, 0) is 0 Å². The van der Waals surface area contributed by atoms with Crippen molar-refractivity contribution in [2.24, 2.45) is 0 Å². The molecule has 0 radical (unpaired) electrons. The van der Waals surface area contributed by atoms with Gasteiger partial charge < -0.3 is 14.8 Å². The summed E-state index contributed by atoms with van der Waals surface area (Å²) >= 11 is 13.0. The van der Waals surface area contributed by atoms with E-state index in [2.05, 4.69) is 15.4 Å². The van der Waals surface area contributed by atoms with E-state index in [1.165, 1.54) is 0 Å². The van der Waals surface area contributed by atoms with Crippen LogP contribution in [0, 0.1) is 0 Å². The lowest BCUT2D eigenvalue weighted by Gasteiger charge is -2.39. The molecule has 33 heavy (non-hydrogen) atoms. The largest absolute Gasteiger partial charge is 0.497 e. The van der Waals surface area contributed by atoms with E-state index in [0.29, 0.717) is 16.0 Å². The molecule has 1 N–H and O–H groups in total. The fourth-order valence-electron chi connectivity index (χ4n) is 4.49. The number of fused-ring (bicyclic) bond motifs is 3. The lowest BCUT2D eigenvalue weighted by molar-refractivity contribution is 0.223. The Hall–Kier alpha value is -3.48. The first-order chi connectivity index (χ1) is 16.1. The predicted molar refractivity (Wildman–Crippen MR) is 128 cm³/mol. The Morgan fingerprint density at radius 1 is 1.03 bits per heavy atom. The molecule has 0 saturated heterocycles. The topological polar surface area (TPSA) is 61.2 Å². The van der Waals surface area contributed by atoms with Crippen molar-refractivity contribution in [2.75, 3.05) is 12.4 Å². The van der Waals surface area contributed by atoms with E-state index in [4.69, 9.17) is 32.7 Å². The quantitative estimate of drug-likeness (QED) is 0.383. The lowest BCUT2D eigenvalue weighted by Crippen LogP contribution is -2.32. The molecule has 2 aliphatic heterocycles. The third-order valence-electron chi connectivity index (χ3n) is 6.00. The molecule has 0 fully saturated rings. The van der Waals surface area contributed by atoms with Crippen LogP contribution in [0.2, 0.25) is 10.0 Å². The van der Waals surface area contributed by atoms with E-state index in [-0.39, 0.29) is 6.04 Å². The zero-order valence-electron chi connectivity index (χ0n) is 17.5. The average molecular weight is 477 g/mol. The molecule has 2 unspecified atom stereocenters. The lowest BCUT2D eigenvalue weighted by atomic mass is 9.84. The number of benzene rings is 3. The highest BCUT2D eigenvalue weighted by Gasteiger charge is 2.41. The minimum Gasteiger partial charge on any atom is -0.497 e. The number of ether oxygens (including phenoxy) is 2. The van der Waals surface area contributed by atoms with Crippen molar-refractivity contribution in [1.82, 2.24) is 14.8 Å². The molecule has 3 aromatic carbocycles. The summed E-state index contributed by atoms with van der Waals surface area (Å²) in [6.45, 7) is 0. The summed E-state index contributed by atoms with van der Waals surface area (Å²) in [4.78, 5) is 4.45. The Bertz CT molecular complexity index is 1400. The van der Waals surface area contributed by atoms with E-state index < -0.39 is 6.10 Å². The smallest absolute Gasteiger partial charge is 0.226 e. The minimum atomic E-state index is -0.445. The fraction of sp³-hybridized carbons (Fsp3) is 0.120. The maximum Gasteiger partial charge on any atom is 0.226 e. The molecule has 2 aliphatic rings. The highest BCUT2D eigenvalue weighted by Crippen LogP contribution is 2.51. The first kappa shape index (κ1) is 20.1. The van der Waals surface area contributed by atoms with Gasteiger partial charge in [0, 0.05) is 26.7 Å². The highest BCUT2D eigenvalue weighted by molar-refractivity contribution is 6.31. The van der Waals surface area contributed by atoms with E-state index >= 15 is 0 Å². The summed E-state index contributed by atoms with van der Waals surface area (Å²) in [5.74, 6) is 2.14. The molecule has 0 aliphatic carbocycles. The van der Waals surface area contributed by atoms with Gasteiger partial charge in [0.25, 0.3) is 0 Å². The van der Waals surface area contributed by atoms with Gasteiger partial charge in [0.1, 0.15) is 23.9 Å². The van der Waals surface area contributed by atoms with Gasteiger partial charge >= 0.3 is 0 Å². The Labute approximate surface area is 200 Å². The zero-order chi connectivity index (χ0) is 22.5.